The van der Waals surface area contributed by atoms with Gasteiger partial charge in [0.25, 0.3) is 0 Å². The molecule has 8 nitrogen and oxygen atoms in total. The van der Waals surface area contributed by atoms with Crippen molar-refractivity contribution in [1.29, 1.82) is 0 Å². The van der Waals surface area contributed by atoms with Crippen LogP contribution >= 0.6 is 0 Å². The molecule has 0 aliphatic rings. The lowest BCUT2D eigenvalue weighted by Gasteiger charge is -2.11. The summed E-state index contributed by atoms with van der Waals surface area (Å²) in [5.41, 5.74) is 7.81. The number of nitrogens with two attached hydrogens (primary N) is 1. The summed E-state index contributed by atoms with van der Waals surface area (Å²) in [4.78, 5) is 12.6. The zero-order valence-electron chi connectivity index (χ0n) is 13.3. The number of aliphatic hydroxyl groups is 1. The van der Waals surface area contributed by atoms with Gasteiger partial charge in [0, 0.05) is 7.11 Å². The van der Waals surface area contributed by atoms with Crippen molar-refractivity contribution in [2.75, 3.05) is 19.5 Å². The Balaban J connectivity index is 1.84. The Labute approximate surface area is 138 Å². The number of nitrogens with zero attached hydrogens (tertiary/aromatic N) is 4. The Morgan fingerprint density at radius 1 is 1.25 bits per heavy atom. The Hall–Kier alpha value is -2.71. The molecular weight excluding hydrogens is 310 g/mol. The topological polar surface area (TPSA) is 108 Å². The summed E-state index contributed by atoms with van der Waals surface area (Å²) in [6, 6.07) is 9.74. The number of aromatic nitrogens is 4. The molecule has 0 amide bonds. The van der Waals surface area contributed by atoms with Crippen LogP contribution in [0.15, 0.2) is 36.7 Å². The molecule has 1 unspecified atom stereocenters. The van der Waals surface area contributed by atoms with E-state index in [2.05, 4.69) is 15.0 Å². The second-order valence-corrected chi connectivity index (χ2v) is 5.34. The fourth-order valence-corrected chi connectivity index (χ4v) is 2.37. The summed E-state index contributed by atoms with van der Waals surface area (Å²) in [6.07, 6.45) is 0.907. The largest absolute Gasteiger partial charge is 0.471 e. The molecule has 2 aromatic heterocycles. The highest BCUT2D eigenvalue weighted by molar-refractivity contribution is 5.77. The van der Waals surface area contributed by atoms with Crippen LogP contribution in [-0.4, -0.2) is 44.4 Å². The zero-order chi connectivity index (χ0) is 16.9. The van der Waals surface area contributed by atoms with Gasteiger partial charge in [-0.15, -0.1) is 0 Å². The monoisotopic (exact) mass is 329 g/mol. The Bertz CT molecular complexity index is 806. The molecular formula is C16H19N5O3. The number of anilines is 1. The van der Waals surface area contributed by atoms with Gasteiger partial charge in [-0.25, -0.2) is 4.98 Å². The SMILES string of the molecule is COCC(O)Cn1cnc2c(OCc3ccccc3)nc(N)nc21. The van der Waals surface area contributed by atoms with Gasteiger partial charge in [0.15, 0.2) is 11.2 Å². The number of rotatable bonds is 7. The number of nitrogen functional groups attached to an aromatic ring is 1. The Morgan fingerprint density at radius 3 is 2.79 bits per heavy atom. The average molecular weight is 329 g/mol. The minimum Gasteiger partial charge on any atom is -0.471 e. The zero-order valence-corrected chi connectivity index (χ0v) is 13.3. The van der Waals surface area contributed by atoms with Crippen LogP contribution in [-0.2, 0) is 17.9 Å². The van der Waals surface area contributed by atoms with E-state index in [0.717, 1.165) is 5.56 Å². The standard InChI is InChI=1S/C16H19N5O3/c1-23-9-12(22)7-21-10-18-13-14(21)19-16(17)20-15(13)24-8-11-5-3-2-4-6-11/h2-6,10,12,22H,7-9H2,1H3,(H2,17,19,20). The van der Waals surface area contributed by atoms with Crippen LogP contribution in [0.25, 0.3) is 11.2 Å². The van der Waals surface area contributed by atoms with Gasteiger partial charge < -0.3 is 24.9 Å². The van der Waals surface area contributed by atoms with E-state index in [1.54, 1.807) is 10.9 Å². The second-order valence-electron chi connectivity index (χ2n) is 5.34. The van der Waals surface area contributed by atoms with Crippen molar-refractivity contribution in [2.24, 2.45) is 0 Å². The third-order valence-corrected chi connectivity index (χ3v) is 3.43. The van der Waals surface area contributed by atoms with E-state index in [1.807, 2.05) is 30.3 Å². The predicted molar refractivity (Wildman–Crippen MR) is 88.4 cm³/mol. The lowest BCUT2D eigenvalue weighted by Crippen LogP contribution is -2.21. The van der Waals surface area contributed by atoms with Crippen LogP contribution in [0.4, 0.5) is 5.95 Å². The third kappa shape index (κ3) is 3.61. The molecule has 3 aromatic rings. The summed E-state index contributed by atoms with van der Waals surface area (Å²) in [5, 5.41) is 9.89. The maximum Gasteiger partial charge on any atom is 0.247 e. The average Bonchev–Trinajstić information content (AvgIpc) is 2.96. The van der Waals surface area contributed by atoms with Crippen molar-refractivity contribution in [3.05, 3.63) is 42.2 Å². The molecule has 3 N–H and O–H groups in total. The van der Waals surface area contributed by atoms with Crippen molar-refractivity contribution in [3.8, 4) is 5.88 Å². The van der Waals surface area contributed by atoms with Gasteiger partial charge in [-0.05, 0) is 5.56 Å². The molecule has 1 aromatic carbocycles. The molecule has 1 atom stereocenters. The highest BCUT2D eigenvalue weighted by atomic mass is 16.5. The number of methoxy groups -OCH3 is 1. The minimum absolute atomic E-state index is 0.0912. The Morgan fingerprint density at radius 2 is 2.04 bits per heavy atom. The summed E-state index contributed by atoms with van der Waals surface area (Å²) in [5.74, 6) is 0.412. The van der Waals surface area contributed by atoms with Gasteiger partial charge in [0.05, 0.1) is 25.6 Å². The van der Waals surface area contributed by atoms with E-state index in [-0.39, 0.29) is 12.6 Å². The first-order chi connectivity index (χ1) is 11.7. The number of fused-ring (bicyclic) bond motifs is 1. The number of hydrogen-bond donors (Lipinski definition) is 2. The van der Waals surface area contributed by atoms with Crippen molar-refractivity contribution in [1.82, 2.24) is 19.5 Å². The maximum absolute atomic E-state index is 9.89. The van der Waals surface area contributed by atoms with Crippen molar-refractivity contribution in [3.63, 3.8) is 0 Å². The second kappa shape index (κ2) is 7.24. The Kier molecular flexibility index (Phi) is 4.88. The quantitative estimate of drug-likeness (QED) is 0.665. The summed E-state index contributed by atoms with van der Waals surface area (Å²) in [7, 11) is 1.53. The number of imidazole rings is 1. The molecule has 0 aliphatic carbocycles. The molecule has 0 aliphatic heterocycles. The molecule has 24 heavy (non-hydrogen) atoms. The number of ether oxygens (including phenoxy) is 2. The summed E-state index contributed by atoms with van der Waals surface area (Å²) < 4.78 is 12.4. The first-order valence-corrected chi connectivity index (χ1v) is 7.49. The molecule has 0 radical (unpaired) electrons. The van der Waals surface area contributed by atoms with E-state index < -0.39 is 6.10 Å². The van der Waals surface area contributed by atoms with Crippen LogP contribution in [0, 0.1) is 0 Å². The van der Waals surface area contributed by atoms with E-state index >= 15 is 0 Å². The maximum atomic E-state index is 9.89. The smallest absolute Gasteiger partial charge is 0.247 e. The van der Waals surface area contributed by atoms with Crippen LogP contribution in [0.1, 0.15) is 5.56 Å². The molecule has 2 heterocycles. The lowest BCUT2D eigenvalue weighted by atomic mass is 10.2. The third-order valence-electron chi connectivity index (χ3n) is 3.43. The molecule has 8 heteroatoms. The highest BCUT2D eigenvalue weighted by Crippen LogP contribution is 2.23. The molecule has 0 spiro atoms. The van der Waals surface area contributed by atoms with Gasteiger partial charge in [-0.2, -0.15) is 9.97 Å². The van der Waals surface area contributed by atoms with Crippen LogP contribution in [0.3, 0.4) is 0 Å². The van der Waals surface area contributed by atoms with Crippen molar-refractivity contribution >= 4 is 17.1 Å². The van der Waals surface area contributed by atoms with Gasteiger partial charge in [0.2, 0.25) is 11.8 Å². The summed E-state index contributed by atoms with van der Waals surface area (Å²) >= 11 is 0. The van der Waals surface area contributed by atoms with E-state index in [4.69, 9.17) is 15.2 Å². The van der Waals surface area contributed by atoms with E-state index in [0.29, 0.717) is 30.2 Å². The molecule has 3 rings (SSSR count). The normalized spacial score (nSPS) is 12.4. The first-order valence-electron chi connectivity index (χ1n) is 7.49. The predicted octanol–water partition coefficient (Wildman–Crippen LogP) is 0.995. The fraction of sp³-hybridized carbons (Fsp3) is 0.312. The first kappa shape index (κ1) is 16.2. The van der Waals surface area contributed by atoms with Gasteiger partial charge in [-0.1, -0.05) is 30.3 Å². The van der Waals surface area contributed by atoms with Crippen molar-refractivity contribution < 1.29 is 14.6 Å². The van der Waals surface area contributed by atoms with Crippen molar-refractivity contribution in [2.45, 2.75) is 19.3 Å². The van der Waals surface area contributed by atoms with Crippen LogP contribution in [0.5, 0.6) is 5.88 Å². The number of benzene rings is 1. The van der Waals surface area contributed by atoms with Gasteiger partial charge in [0.1, 0.15) is 6.61 Å². The number of aliphatic hydroxyl groups excluding tert-OH is 1. The molecule has 0 bridgehead atoms. The fourth-order valence-electron chi connectivity index (χ4n) is 2.37. The van der Waals surface area contributed by atoms with Crippen LogP contribution < -0.4 is 10.5 Å². The van der Waals surface area contributed by atoms with Crippen LogP contribution in [0.2, 0.25) is 0 Å². The number of hydrogen-bond acceptors (Lipinski definition) is 7. The lowest BCUT2D eigenvalue weighted by molar-refractivity contribution is 0.0543. The molecule has 0 saturated carbocycles. The highest BCUT2D eigenvalue weighted by Gasteiger charge is 2.15. The molecule has 0 fully saturated rings. The molecule has 126 valence electrons. The summed E-state index contributed by atoms with van der Waals surface area (Å²) in [6.45, 7) is 0.863. The van der Waals surface area contributed by atoms with Gasteiger partial charge >= 0.3 is 0 Å². The van der Waals surface area contributed by atoms with E-state index in [1.165, 1.54) is 7.11 Å². The van der Waals surface area contributed by atoms with E-state index in [9.17, 15) is 5.11 Å². The van der Waals surface area contributed by atoms with Gasteiger partial charge in [-0.3, -0.25) is 0 Å². The molecule has 0 saturated heterocycles. The minimum atomic E-state index is -0.669.